The van der Waals surface area contributed by atoms with Crippen molar-refractivity contribution < 1.29 is 79.7 Å². The van der Waals surface area contributed by atoms with Crippen LogP contribution in [0.2, 0.25) is 0 Å². The predicted octanol–water partition coefficient (Wildman–Crippen LogP) is -2.21. The summed E-state index contributed by atoms with van der Waals surface area (Å²) in [5, 5.41) is 5.19. The van der Waals surface area contributed by atoms with Gasteiger partial charge in [-0.05, 0) is 18.2 Å². The van der Waals surface area contributed by atoms with Crippen molar-refractivity contribution in [3.05, 3.63) is 51.9 Å². The number of anilines is 1. The molecule has 1 aliphatic rings. The second-order valence-electron chi connectivity index (χ2n) is 12.1. The lowest BCUT2D eigenvalue weighted by Gasteiger charge is -2.20. The number of ether oxygens (including phenoxy) is 5. The number of phosphoric acid groups is 3. The Morgan fingerprint density at radius 1 is 1.10 bits per heavy atom. The van der Waals surface area contributed by atoms with Gasteiger partial charge < -0.3 is 81.4 Å². The van der Waals surface area contributed by atoms with Crippen LogP contribution >= 0.6 is 23.5 Å². The van der Waals surface area contributed by atoms with Gasteiger partial charge in [0.05, 0.1) is 50.1 Å². The molecule has 15 N–H and O–H groups in total. The fraction of sp³-hybridized carbons (Fsp3) is 0.467. The average molecular weight is 912 g/mol. The number of aromatic nitrogens is 3. The number of H-pyrrole nitrogens is 1. The molecule has 0 aliphatic carbocycles. The van der Waals surface area contributed by atoms with E-state index < -0.39 is 66.2 Å². The van der Waals surface area contributed by atoms with E-state index >= 15 is 0 Å². The van der Waals surface area contributed by atoms with Gasteiger partial charge in [-0.1, -0.05) is 17.9 Å². The summed E-state index contributed by atoms with van der Waals surface area (Å²) < 4.78 is 76.1. The van der Waals surface area contributed by atoms with Crippen molar-refractivity contribution in [2.75, 3.05) is 65.1 Å². The summed E-state index contributed by atoms with van der Waals surface area (Å²) in [4.78, 5) is 80.7. The molecule has 1 fully saturated rings. The first-order valence-electron chi connectivity index (χ1n) is 17.4. The number of fused-ring (bicyclic) bond motifs is 1. The van der Waals surface area contributed by atoms with Crippen molar-refractivity contribution in [2.24, 2.45) is 17.2 Å². The quantitative estimate of drug-likeness (QED) is 0.0208. The molecule has 2 amide bonds. The van der Waals surface area contributed by atoms with Crippen LogP contribution in [0.5, 0.6) is 5.75 Å². The van der Waals surface area contributed by atoms with Gasteiger partial charge in [-0.15, -0.1) is 0 Å². The summed E-state index contributed by atoms with van der Waals surface area (Å²) in [6.07, 6.45) is -2.66. The SMILES string of the molecule is NCCNC(=O)c1cccc(OCC(N)OCCOCC(=O)NCC#Cc2cn([C@H]3C[C@@H](OCN)C(COP(=O)(O)OP(=O)(O)OP(=O)(O)O)O3)c3nc(N)[nH]c(=O)c23)c1. The number of nitrogens with one attached hydrogen (secondary N) is 3. The normalized spacial score (nSPS) is 19.1. The molecule has 3 aromatic rings. The summed E-state index contributed by atoms with van der Waals surface area (Å²) in [5.74, 6) is 4.82. The van der Waals surface area contributed by atoms with Gasteiger partial charge in [-0.25, -0.2) is 13.7 Å². The Balaban J connectivity index is 1.28. The highest BCUT2D eigenvalue weighted by molar-refractivity contribution is 7.66. The number of nitrogen functional groups attached to an aromatic ring is 1. The molecule has 1 aliphatic heterocycles. The number of hydrogen-bond acceptors (Lipinski definition) is 19. The summed E-state index contributed by atoms with van der Waals surface area (Å²) in [6.45, 7) is -1.05. The number of benzene rings is 1. The Morgan fingerprint density at radius 3 is 2.58 bits per heavy atom. The molecule has 1 saturated heterocycles. The largest absolute Gasteiger partial charge is 0.490 e. The number of amides is 2. The molecule has 332 valence electrons. The minimum absolute atomic E-state index is 0.00816. The molecular formula is C30H44N9O18P3. The van der Waals surface area contributed by atoms with Crippen LogP contribution in [0.25, 0.3) is 11.0 Å². The Morgan fingerprint density at radius 2 is 1.87 bits per heavy atom. The molecule has 6 atom stereocenters. The maximum atomic E-state index is 13.0. The third kappa shape index (κ3) is 15.4. The molecular weight excluding hydrogens is 867 g/mol. The maximum absolute atomic E-state index is 13.0. The van der Waals surface area contributed by atoms with Crippen LogP contribution in [-0.2, 0) is 50.6 Å². The van der Waals surface area contributed by atoms with Crippen molar-refractivity contribution in [2.45, 2.75) is 31.1 Å². The van der Waals surface area contributed by atoms with Crippen LogP contribution in [0, 0.1) is 11.8 Å². The third-order valence-corrected chi connectivity index (χ3v) is 11.5. The number of aromatic amines is 1. The minimum Gasteiger partial charge on any atom is -0.489 e. The second kappa shape index (κ2) is 22.1. The Bertz CT molecular complexity index is 2230. The van der Waals surface area contributed by atoms with E-state index in [-0.39, 0.29) is 74.6 Å². The van der Waals surface area contributed by atoms with Crippen LogP contribution in [0.1, 0.15) is 28.6 Å². The van der Waals surface area contributed by atoms with Crippen molar-refractivity contribution in [3.63, 3.8) is 0 Å². The summed E-state index contributed by atoms with van der Waals surface area (Å²) in [5.41, 5.74) is 22.5. The van der Waals surface area contributed by atoms with E-state index in [1.54, 1.807) is 24.3 Å². The zero-order valence-corrected chi connectivity index (χ0v) is 34.0. The van der Waals surface area contributed by atoms with E-state index in [0.29, 0.717) is 24.4 Å². The standard InChI is InChI=1S/C30H44N9O18P3/c31-6-8-36-28(41)18-3-1-5-20(11-18)52-15-23(33)51-10-9-50-16-24(40)35-7-2-4-19-13-39(27-26(19)29(42)38-30(34)37-27)25-12-21(53-17-32)22(55-25)14-54-59(46,47)57-60(48,49)56-58(43,44)45/h1,3,5,11,13,21-23,25H,6-10,12,14-17,31-33H2,(H,35,40)(H,36,41)(H,46,47)(H,48,49)(H2,43,44,45)(H3,34,37,38,42)/t21-,22?,23?,25-/m1/s1. The van der Waals surface area contributed by atoms with E-state index in [2.05, 4.69) is 41.1 Å². The highest BCUT2D eigenvalue weighted by atomic mass is 31.3. The molecule has 4 unspecified atom stereocenters. The van der Waals surface area contributed by atoms with Crippen molar-refractivity contribution in [1.82, 2.24) is 25.2 Å². The van der Waals surface area contributed by atoms with Crippen LogP contribution < -0.4 is 43.9 Å². The van der Waals surface area contributed by atoms with Gasteiger partial charge >= 0.3 is 23.5 Å². The van der Waals surface area contributed by atoms with Crippen LogP contribution in [0.3, 0.4) is 0 Å². The van der Waals surface area contributed by atoms with Gasteiger partial charge in [-0.3, -0.25) is 23.9 Å². The fourth-order valence-corrected chi connectivity index (χ4v) is 8.31. The lowest BCUT2D eigenvalue weighted by molar-refractivity contribution is -0.126. The number of phosphoric ester groups is 1. The van der Waals surface area contributed by atoms with Crippen molar-refractivity contribution in [3.8, 4) is 17.6 Å². The molecule has 0 spiro atoms. The topological polar surface area (TPSA) is 419 Å². The van der Waals surface area contributed by atoms with Gasteiger partial charge in [0.25, 0.3) is 11.5 Å². The third-order valence-electron chi connectivity index (χ3n) is 7.65. The summed E-state index contributed by atoms with van der Waals surface area (Å²) in [6, 6.07) is 6.48. The van der Waals surface area contributed by atoms with Gasteiger partial charge in [-0.2, -0.15) is 13.6 Å². The van der Waals surface area contributed by atoms with E-state index in [1.807, 2.05) is 0 Å². The van der Waals surface area contributed by atoms with E-state index in [4.69, 9.17) is 60.9 Å². The van der Waals surface area contributed by atoms with E-state index in [0.717, 1.165) is 0 Å². The first-order valence-corrected chi connectivity index (χ1v) is 21.9. The first-order chi connectivity index (χ1) is 28.3. The van der Waals surface area contributed by atoms with Crippen LogP contribution in [-0.4, -0.2) is 124 Å². The molecule has 0 radical (unpaired) electrons. The zero-order chi connectivity index (χ0) is 44.1. The minimum atomic E-state index is -5.78. The highest BCUT2D eigenvalue weighted by Gasteiger charge is 2.43. The second-order valence-corrected chi connectivity index (χ2v) is 16.6. The average Bonchev–Trinajstić information content (AvgIpc) is 3.73. The number of hydrogen-bond donors (Lipinski definition) is 11. The molecule has 4 rings (SSSR count). The maximum Gasteiger partial charge on any atom is 0.490 e. The monoisotopic (exact) mass is 911 g/mol. The van der Waals surface area contributed by atoms with Crippen molar-refractivity contribution in [1.29, 1.82) is 0 Å². The molecule has 30 heteroatoms. The van der Waals surface area contributed by atoms with Gasteiger partial charge in [0, 0.05) is 31.3 Å². The number of carbonyl (C=O) groups excluding carboxylic acids is 2. The first kappa shape index (κ1) is 48.5. The summed E-state index contributed by atoms with van der Waals surface area (Å²) >= 11 is 0. The number of carbonyl (C=O) groups is 2. The lowest BCUT2D eigenvalue weighted by atomic mass is 10.2. The van der Waals surface area contributed by atoms with Gasteiger partial charge in [0.1, 0.15) is 37.5 Å². The molecule has 27 nitrogen and oxygen atoms in total. The molecule has 1 aromatic carbocycles. The van der Waals surface area contributed by atoms with Gasteiger partial charge in [0.2, 0.25) is 11.9 Å². The molecule has 0 bridgehead atoms. The number of nitrogens with two attached hydrogens (primary N) is 4. The highest BCUT2D eigenvalue weighted by Crippen LogP contribution is 2.66. The zero-order valence-electron chi connectivity index (χ0n) is 31.3. The lowest BCUT2D eigenvalue weighted by Crippen LogP contribution is -2.33. The molecule has 2 aromatic heterocycles. The van der Waals surface area contributed by atoms with Crippen molar-refractivity contribution >= 4 is 52.3 Å². The molecule has 3 heterocycles. The summed E-state index contributed by atoms with van der Waals surface area (Å²) in [7, 11) is -16.9. The Kier molecular flexibility index (Phi) is 17.9. The van der Waals surface area contributed by atoms with Gasteiger partial charge in [0.15, 0.2) is 5.65 Å². The van der Waals surface area contributed by atoms with Crippen LogP contribution in [0.4, 0.5) is 5.95 Å². The smallest absolute Gasteiger partial charge is 0.489 e. The molecule has 60 heavy (non-hydrogen) atoms. The Labute approximate surface area is 339 Å². The van der Waals surface area contributed by atoms with Crippen LogP contribution in [0.15, 0.2) is 35.3 Å². The van der Waals surface area contributed by atoms with E-state index in [9.17, 15) is 37.9 Å². The number of rotatable bonds is 23. The predicted molar refractivity (Wildman–Crippen MR) is 205 cm³/mol. The number of nitrogens with zero attached hydrogens (tertiary/aromatic N) is 2. The molecule has 0 saturated carbocycles. The van der Waals surface area contributed by atoms with E-state index in [1.165, 1.54) is 10.8 Å². The fourth-order valence-electron chi connectivity index (χ4n) is 5.28. The Hall–Kier alpha value is -4.13.